The van der Waals surface area contributed by atoms with E-state index < -0.39 is 42.3 Å². The zero-order chi connectivity index (χ0) is 21.7. The molecule has 0 spiro atoms. The lowest BCUT2D eigenvalue weighted by molar-refractivity contribution is -0.141. The fourth-order valence-corrected chi connectivity index (χ4v) is 3.07. The topological polar surface area (TPSA) is 162 Å². The van der Waals surface area contributed by atoms with Crippen molar-refractivity contribution in [1.29, 1.82) is 0 Å². The number of aliphatic hydroxyl groups excluding tert-OH is 2. The number of carbonyl (C=O) groups is 2. The van der Waals surface area contributed by atoms with Crippen LogP contribution in [0.25, 0.3) is 0 Å². The van der Waals surface area contributed by atoms with Crippen LogP contribution in [0.3, 0.4) is 0 Å². The van der Waals surface area contributed by atoms with Crippen molar-refractivity contribution in [2.45, 2.75) is 70.2 Å². The molecule has 1 aliphatic rings. The van der Waals surface area contributed by atoms with Crippen molar-refractivity contribution in [2.24, 2.45) is 5.73 Å². The molecule has 12 heteroatoms. The highest BCUT2D eigenvalue weighted by atomic mass is 16.7. The number of nitrogens with one attached hydrogen (secondary N) is 3. The lowest BCUT2D eigenvalue weighted by atomic mass is 10.2. The van der Waals surface area contributed by atoms with Gasteiger partial charge in [-0.2, -0.15) is 5.01 Å². The third-order valence-corrected chi connectivity index (χ3v) is 4.39. The van der Waals surface area contributed by atoms with Crippen molar-refractivity contribution in [3.8, 4) is 0 Å². The summed E-state index contributed by atoms with van der Waals surface area (Å²) in [5, 5.41) is 28.5. The van der Waals surface area contributed by atoms with Gasteiger partial charge in [-0.1, -0.05) is 0 Å². The summed E-state index contributed by atoms with van der Waals surface area (Å²) in [5.74, 6) is -1.91. The zero-order valence-electron chi connectivity index (χ0n) is 17.4. The van der Waals surface area contributed by atoms with E-state index in [0.29, 0.717) is 0 Å². The number of aliphatic hydroxyl groups is 2. The molecular weight excluding hydrogens is 372 g/mol. The Morgan fingerprint density at radius 1 is 1.21 bits per heavy atom. The predicted molar refractivity (Wildman–Crippen MR) is 99.8 cm³/mol. The van der Waals surface area contributed by atoms with E-state index in [1.807, 2.05) is 0 Å². The highest BCUT2D eigenvalue weighted by Gasteiger charge is 2.57. The maximum atomic E-state index is 11.8. The van der Waals surface area contributed by atoms with Gasteiger partial charge in [0.2, 0.25) is 0 Å². The van der Waals surface area contributed by atoms with Crippen LogP contribution in [-0.4, -0.2) is 83.5 Å². The minimum absolute atomic E-state index is 0.0636. The van der Waals surface area contributed by atoms with Gasteiger partial charge in [0.15, 0.2) is 18.4 Å². The van der Waals surface area contributed by atoms with E-state index in [-0.39, 0.29) is 19.3 Å². The molecule has 0 bridgehead atoms. The standard InChI is InChI=1S/C16H34N6O6/c1-15(2,3)28-14(26)27-11(23)9-7-8-10(17)21-12(24)16(18-4,19-5)22(20-6)13(21)25/h10,12-13,18-20,24-25H,7-9,17H2,1-6H3/t10-,12-,13-/m0/s1. The minimum Gasteiger partial charge on any atom is -0.428 e. The van der Waals surface area contributed by atoms with Gasteiger partial charge in [-0.3, -0.25) is 20.9 Å². The highest BCUT2D eigenvalue weighted by Crippen LogP contribution is 2.29. The van der Waals surface area contributed by atoms with E-state index >= 15 is 0 Å². The SMILES string of the molecule is CNN1[C@@H](O)N([C@H](N)CCCC(=O)OC(=O)OC(C)(C)C)[C@@H](O)C1(NC)NC. The maximum absolute atomic E-state index is 11.8. The normalized spacial score (nSPS) is 24.2. The molecule has 1 rings (SSSR count). The maximum Gasteiger partial charge on any atom is 0.516 e. The fraction of sp³-hybridized carbons (Fsp3) is 0.875. The summed E-state index contributed by atoms with van der Waals surface area (Å²) >= 11 is 0. The van der Waals surface area contributed by atoms with E-state index in [9.17, 15) is 19.8 Å². The Balaban J connectivity index is 2.60. The van der Waals surface area contributed by atoms with Gasteiger partial charge in [0.1, 0.15) is 5.60 Å². The minimum atomic E-state index is -1.23. The average molecular weight is 406 g/mol. The molecule has 0 unspecified atom stereocenters. The van der Waals surface area contributed by atoms with Crippen LogP contribution < -0.4 is 21.8 Å². The molecule has 7 N–H and O–H groups in total. The predicted octanol–water partition coefficient (Wildman–Crippen LogP) is -1.64. The Hall–Kier alpha value is -1.38. The molecular formula is C16H34N6O6. The largest absolute Gasteiger partial charge is 0.516 e. The molecule has 164 valence electrons. The summed E-state index contributed by atoms with van der Waals surface area (Å²) in [5.41, 5.74) is 8.19. The van der Waals surface area contributed by atoms with Crippen LogP contribution in [0.1, 0.15) is 40.0 Å². The van der Waals surface area contributed by atoms with Gasteiger partial charge in [0, 0.05) is 6.42 Å². The first-order valence-corrected chi connectivity index (χ1v) is 9.10. The number of nitrogens with two attached hydrogens (primary N) is 1. The molecule has 0 aliphatic carbocycles. The molecule has 3 atom stereocenters. The van der Waals surface area contributed by atoms with Crippen LogP contribution in [-0.2, 0) is 14.3 Å². The fourth-order valence-electron chi connectivity index (χ4n) is 3.07. The Labute approximate surface area is 165 Å². The number of hydrogen-bond acceptors (Lipinski definition) is 12. The second kappa shape index (κ2) is 9.89. The third-order valence-electron chi connectivity index (χ3n) is 4.39. The lowest BCUT2D eigenvalue weighted by Crippen LogP contribution is -2.71. The van der Waals surface area contributed by atoms with Crippen molar-refractivity contribution in [3.05, 3.63) is 0 Å². The van der Waals surface area contributed by atoms with Crippen LogP contribution in [0.4, 0.5) is 4.79 Å². The molecule has 0 amide bonds. The Morgan fingerprint density at radius 2 is 1.79 bits per heavy atom. The van der Waals surface area contributed by atoms with Gasteiger partial charge in [-0.25, -0.2) is 9.69 Å². The second-order valence-electron chi connectivity index (χ2n) is 7.43. The first-order chi connectivity index (χ1) is 12.9. The van der Waals surface area contributed by atoms with Crippen molar-refractivity contribution in [2.75, 3.05) is 21.1 Å². The number of hydrazine groups is 1. The quantitative estimate of drug-likeness (QED) is 0.155. The van der Waals surface area contributed by atoms with Gasteiger partial charge in [-0.15, -0.1) is 0 Å². The summed E-state index contributed by atoms with van der Waals surface area (Å²) in [4.78, 5) is 24.5. The van der Waals surface area contributed by atoms with E-state index in [1.165, 1.54) is 9.91 Å². The number of rotatable bonds is 8. The molecule has 28 heavy (non-hydrogen) atoms. The van der Waals surface area contributed by atoms with Crippen LogP contribution >= 0.6 is 0 Å². The van der Waals surface area contributed by atoms with Gasteiger partial charge in [0.25, 0.3) is 0 Å². The van der Waals surface area contributed by atoms with Crippen molar-refractivity contribution >= 4 is 12.1 Å². The van der Waals surface area contributed by atoms with Gasteiger partial charge < -0.3 is 25.4 Å². The molecule has 1 aliphatic heterocycles. The number of likely N-dealkylation sites (N-methyl/N-ethyl adjacent to an activating group) is 2. The van der Waals surface area contributed by atoms with Crippen molar-refractivity contribution < 1.29 is 29.3 Å². The van der Waals surface area contributed by atoms with E-state index in [1.54, 1.807) is 41.9 Å². The Kier molecular flexibility index (Phi) is 8.71. The Morgan fingerprint density at radius 3 is 2.21 bits per heavy atom. The number of esters is 1. The Bertz CT molecular complexity index is 538. The zero-order valence-corrected chi connectivity index (χ0v) is 17.4. The molecule has 0 aromatic heterocycles. The van der Waals surface area contributed by atoms with Crippen LogP contribution in [0.15, 0.2) is 0 Å². The molecule has 1 heterocycles. The number of hydrogen-bond donors (Lipinski definition) is 6. The molecule has 0 aromatic carbocycles. The lowest BCUT2D eigenvalue weighted by Gasteiger charge is -2.38. The second-order valence-corrected chi connectivity index (χ2v) is 7.43. The molecule has 1 fully saturated rings. The third kappa shape index (κ3) is 5.58. The number of ether oxygens (including phenoxy) is 2. The van der Waals surface area contributed by atoms with Crippen molar-refractivity contribution in [1.82, 2.24) is 26.0 Å². The van der Waals surface area contributed by atoms with E-state index in [2.05, 4.69) is 20.8 Å². The van der Waals surface area contributed by atoms with E-state index in [0.717, 1.165) is 0 Å². The molecule has 0 radical (unpaired) electrons. The molecule has 1 saturated heterocycles. The summed E-state index contributed by atoms with van der Waals surface area (Å²) in [6.07, 6.45) is -3.77. The number of carbonyl (C=O) groups excluding carboxylic acids is 2. The van der Waals surface area contributed by atoms with Crippen LogP contribution in [0, 0.1) is 0 Å². The summed E-state index contributed by atoms with van der Waals surface area (Å²) in [6.45, 7) is 4.99. The first kappa shape index (κ1) is 24.7. The molecule has 12 nitrogen and oxygen atoms in total. The van der Waals surface area contributed by atoms with E-state index in [4.69, 9.17) is 10.5 Å². The average Bonchev–Trinajstić information content (AvgIpc) is 2.79. The monoisotopic (exact) mass is 406 g/mol. The van der Waals surface area contributed by atoms with Crippen molar-refractivity contribution in [3.63, 3.8) is 0 Å². The van der Waals surface area contributed by atoms with Crippen LogP contribution in [0.5, 0.6) is 0 Å². The molecule has 0 saturated carbocycles. The highest BCUT2D eigenvalue weighted by molar-refractivity contribution is 5.81. The van der Waals surface area contributed by atoms with Gasteiger partial charge in [-0.05, 0) is 54.8 Å². The van der Waals surface area contributed by atoms with Crippen LogP contribution in [0.2, 0.25) is 0 Å². The molecule has 0 aromatic rings. The number of nitrogens with zero attached hydrogens (tertiary/aromatic N) is 2. The van der Waals surface area contributed by atoms with Gasteiger partial charge in [0.05, 0.1) is 6.17 Å². The summed E-state index contributed by atoms with van der Waals surface area (Å²) in [6, 6.07) is 0. The van der Waals surface area contributed by atoms with Gasteiger partial charge >= 0.3 is 12.1 Å². The smallest absolute Gasteiger partial charge is 0.428 e. The first-order valence-electron chi connectivity index (χ1n) is 9.10. The summed E-state index contributed by atoms with van der Waals surface area (Å²) in [7, 11) is 4.85. The summed E-state index contributed by atoms with van der Waals surface area (Å²) < 4.78 is 9.50.